The van der Waals surface area contributed by atoms with Crippen molar-refractivity contribution in [3.8, 4) is 0 Å². The molecule has 13 heavy (non-hydrogen) atoms. The summed E-state index contributed by atoms with van der Waals surface area (Å²) in [5.41, 5.74) is 0.939. The predicted molar refractivity (Wildman–Crippen MR) is 48.7 cm³/mol. The van der Waals surface area contributed by atoms with Gasteiger partial charge in [-0.05, 0) is 18.9 Å². The zero-order valence-corrected chi connectivity index (χ0v) is 7.75. The number of carbonyl (C=O) groups is 1. The van der Waals surface area contributed by atoms with Crippen LogP contribution in [0.1, 0.15) is 19.3 Å². The van der Waals surface area contributed by atoms with Gasteiger partial charge in [0.05, 0.1) is 18.7 Å². The van der Waals surface area contributed by atoms with Gasteiger partial charge in [0.25, 0.3) is 0 Å². The second kappa shape index (κ2) is 3.24. The number of allylic oxidation sites excluding steroid dienone is 2. The first-order valence-corrected chi connectivity index (χ1v) is 4.59. The first-order valence-electron chi connectivity index (χ1n) is 4.59. The van der Waals surface area contributed by atoms with Crippen molar-refractivity contribution in [2.24, 2.45) is 0 Å². The molecule has 2 aliphatic rings. The van der Waals surface area contributed by atoms with E-state index in [0.29, 0.717) is 13.0 Å². The Morgan fingerprint density at radius 3 is 3.00 bits per heavy atom. The highest BCUT2D eigenvalue weighted by atomic mass is 16.5. The Bertz CT molecular complexity index is 291. The van der Waals surface area contributed by atoms with Crippen LogP contribution in [-0.4, -0.2) is 24.5 Å². The normalized spacial score (nSPS) is 22.5. The number of hydrogen-bond donors (Lipinski definition) is 0. The second-order valence-electron chi connectivity index (χ2n) is 3.29. The van der Waals surface area contributed by atoms with Crippen LogP contribution in [0.5, 0.6) is 0 Å². The third-order valence-electron chi connectivity index (χ3n) is 2.40. The average Bonchev–Trinajstić information content (AvgIpc) is 2.29. The molecule has 0 aromatic carbocycles. The Balaban J connectivity index is 2.31. The van der Waals surface area contributed by atoms with Gasteiger partial charge in [0.15, 0.2) is 0 Å². The van der Waals surface area contributed by atoms with Crippen LogP contribution in [-0.2, 0) is 9.53 Å². The zero-order chi connectivity index (χ0) is 9.26. The van der Waals surface area contributed by atoms with E-state index in [2.05, 4.69) is 12.2 Å². The number of amides is 1. The van der Waals surface area contributed by atoms with E-state index in [0.717, 1.165) is 24.3 Å². The van der Waals surface area contributed by atoms with Crippen LogP contribution >= 0.6 is 0 Å². The molecule has 1 aliphatic heterocycles. The second-order valence-corrected chi connectivity index (χ2v) is 3.29. The SMILES string of the molecule is CN1C(=O)CCOC2=CCCC=C21. The van der Waals surface area contributed by atoms with Crippen molar-refractivity contribution in [2.45, 2.75) is 19.3 Å². The Morgan fingerprint density at radius 2 is 2.15 bits per heavy atom. The zero-order valence-electron chi connectivity index (χ0n) is 7.75. The summed E-state index contributed by atoms with van der Waals surface area (Å²) >= 11 is 0. The number of nitrogens with zero attached hydrogens (tertiary/aromatic N) is 1. The van der Waals surface area contributed by atoms with Crippen molar-refractivity contribution in [3.63, 3.8) is 0 Å². The van der Waals surface area contributed by atoms with Gasteiger partial charge in [-0.1, -0.05) is 6.08 Å². The summed E-state index contributed by atoms with van der Waals surface area (Å²) in [7, 11) is 1.81. The smallest absolute Gasteiger partial charge is 0.230 e. The minimum Gasteiger partial charge on any atom is -0.491 e. The maximum Gasteiger partial charge on any atom is 0.230 e. The summed E-state index contributed by atoms with van der Waals surface area (Å²) in [4.78, 5) is 13.1. The molecular formula is C10H13NO2. The maximum absolute atomic E-state index is 11.4. The van der Waals surface area contributed by atoms with Gasteiger partial charge in [-0.15, -0.1) is 0 Å². The molecule has 0 aromatic rings. The fourth-order valence-electron chi connectivity index (χ4n) is 1.63. The fraction of sp³-hybridized carbons (Fsp3) is 0.500. The number of ether oxygens (including phenoxy) is 1. The van der Waals surface area contributed by atoms with Gasteiger partial charge >= 0.3 is 0 Å². The van der Waals surface area contributed by atoms with E-state index in [1.807, 2.05) is 7.05 Å². The molecule has 3 nitrogen and oxygen atoms in total. The van der Waals surface area contributed by atoms with Crippen molar-refractivity contribution >= 4 is 5.91 Å². The number of rotatable bonds is 0. The minimum absolute atomic E-state index is 0.136. The van der Waals surface area contributed by atoms with Gasteiger partial charge in [0.2, 0.25) is 5.91 Å². The first kappa shape index (κ1) is 8.35. The number of carbonyl (C=O) groups excluding carboxylic acids is 1. The van der Waals surface area contributed by atoms with E-state index < -0.39 is 0 Å². The Morgan fingerprint density at radius 1 is 1.38 bits per heavy atom. The van der Waals surface area contributed by atoms with Gasteiger partial charge in [0, 0.05) is 7.05 Å². The van der Waals surface area contributed by atoms with Crippen molar-refractivity contribution in [1.29, 1.82) is 0 Å². The van der Waals surface area contributed by atoms with Crippen LogP contribution in [0.4, 0.5) is 0 Å². The van der Waals surface area contributed by atoms with Gasteiger partial charge in [0.1, 0.15) is 5.76 Å². The molecule has 1 amide bonds. The summed E-state index contributed by atoms with van der Waals surface area (Å²) in [6.07, 6.45) is 6.62. The van der Waals surface area contributed by atoms with E-state index in [-0.39, 0.29) is 5.91 Å². The van der Waals surface area contributed by atoms with Gasteiger partial charge in [-0.2, -0.15) is 0 Å². The number of fused-ring (bicyclic) bond motifs is 1. The topological polar surface area (TPSA) is 29.5 Å². The van der Waals surface area contributed by atoms with E-state index in [1.54, 1.807) is 4.90 Å². The Hall–Kier alpha value is -1.25. The highest BCUT2D eigenvalue weighted by molar-refractivity contribution is 5.79. The van der Waals surface area contributed by atoms with Crippen molar-refractivity contribution in [2.75, 3.05) is 13.7 Å². The Kier molecular flexibility index (Phi) is 2.08. The van der Waals surface area contributed by atoms with Crippen LogP contribution in [0.25, 0.3) is 0 Å². The molecule has 1 fully saturated rings. The lowest BCUT2D eigenvalue weighted by molar-refractivity contribution is -0.127. The monoisotopic (exact) mass is 179 g/mol. The van der Waals surface area contributed by atoms with Crippen molar-refractivity contribution in [1.82, 2.24) is 4.90 Å². The molecule has 0 N–H and O–H groups in total. The molecule has 3 heteroatoms. The molecule has 0 radical (unpaired) electrons. The van der Waals surface area contributed by atoms with Gasteiger partial charge in [-0.25, -0.2) is 0 Å². The first-order chi connectivity index (χ1) is 6.29. The molecule has 0 saturated carbocycles. The average molecular weight is 179 g/mol. The standard InChI is InChI=1S/C10H13NO2/c1-11-8-4-2-3-5-9(8)13-7-6-10(11)12/h4-5H,2-3,6-7H2,1H3. The van der Waals surface area contributed by atoms with Gasteiger partial charge in [-0.3, -0.25) is 4.79 Å². The summed E-state index contributed by atoms with van der Waals surface area (Å²) in [5.74, 6) is 1.01. The largest absolute Gasteiger partial charge is 0.491 e. The highest BCUT2D eigenvalue weighted by Crippen LogP contribution is 2.25. The number of likely N-dealkylation sites (N-methyl/N-ethyl adjacent to an activating group) is 1. The molecular weight excluding hydrogens is 166 g/mol. The van der Waals surface area contributed by atoms with Crippen LogP contribution in [0.3, 0.4) is 0 Å². The van der Waals surface area contributed by atoms with Crippen LogP contribution in [0.2, 0.25) is 0 Å². The number of hydrogen-bond acceptors (Lipinski definition) is 2. The lowest BCUT2D eigenvalue weighted by Gasteiger charge is -2.20. The third-order valence-corrected chi connectivity index (χ3v) is 2.40. The van der Waals surface area contributed by atoms with Crippen molar-refractivity contribution in [3.05, 3.63) is 23.6 Å². The maximum atomic E-state index is 11.4. The summed E-state index contributed by atoms with van der Waals surface area (Å²) < 4.78 is 5.48. The van der Waals surface area contributed by atoms with E-state index in [1.165, 1.54) is 0 Å². The highest BCUT2D eigenvalue weighted by Gasteiger charge is 2.23. The summed E-state index contributed by atoms with van der Waals surface area (Å²) in [6.45, 7) is 0.506. The van der Waals surface area contributed by atoms with E-state index in [4.69, 9.17) is 4.74 Å². The summed E-state index contributed by atoms with van der Waals surface area (Å²) in [5, 5.41) is 0. The molecule has 1 saturated heterocycles. The van der Waals surface area contributed by atoms with Crippen molar-refractivity contribution < 1.29 is 9.53 Å². The molecule has 0 spiro atoms. The molecule has 0 aromatic heterocycles. The van der Waals surface area contributed by atoms with Gasteiger partial charge < -0.3 is 9.64 Å². The lowest BCUT2D eigenvalue weighted by Crippen LogP contribution is -2.25. The summed E-state index contributed by atoms with van der Waals surface area (Å²) in [6, 6.07) is 0. The molecule has 1 aliphatic carbocycles. The van der Waals surface area contributed by atoms with E-state index >= 15 is 0 Å². The third kappa shape index (κ3) is 1.46. The molecule has 2 rings (SSSR count). The fourth-order valence-corrected chi connectivity index (χ4v) is 1.63. The minimum atomic E-state index is 0.136. The molecule has 70 valence electrons. The van der Waals surface area contributed by atoms with Crippen LogP contribution in [0.15, 0.2) is 23.6 Å². The quantitative estimate of drug-likeness (QED) is 0.563. The van der Waals surface area contributed by atoms with E-state index in [9.17, 15) is 4.79 Å². The Labute approximate surface area is 77.7 Å². The van der Waals surface area contributed by atoms with Crippen LogP contribution < -0.4 is 0 Å². The molecule has 1 heterocycles. The lowest BCUT2D eigenvalue weighted by atomic mass is 10.1. The predicted octanol–water partition coefficient (Wildman–Crippen LogP) is 1.43. The molecule has 0 bridgehead atoms. The molecule has 0 atom stereocenters. The van der Waals surface area contributed by atoms with Crippen LogP contribution in [0, 0.1) is 0 Å². The molecule has 0 unspecified atom stereocenters.